The van der Waals surface area contributed by atoms with E-state index in [4.69, 9.17) is 18.0 Å². The van der Waals surface area contributed by atoms with Crippen LogP contribution in [0.1, 0.15) is 11.4 Å². The Hall–Kier alpha value is -2.27. The maximum atomic E-state index is 5.82. The Kier molecular flexibility index (Phi) is 2.76. The molecule has 0 aliphatic rings. The summed E-state index contributed by atoms with van der Waals surface area (Å²) in [4.78, 5) is 9.21. The molecule has 1 aromatic carbocycles. The van der Waals surface area contributed by atoms with E-state index in [0.717, 1.165) is 28.1 Å². The molecule has 94 valence electrons. The molecule has 2 N–H and O–H groups in total. The Morgan fingerprint density at radius 1 is 1.32 bits per heavy atom. The minimum atomic E-state index is 0.373. The zero-order valence-electron chi connectivity index (χ0n) is 10.4. The smallest absolute Gasteiger partial charge is 0.139 e. The lowest BCUT2D eigenvalue weighted by Gasteiger charge is -2.10. The van der Waals surface area contributed by atoms with Crippen molar-refractivity contribution in [1.29, 1.82) is 0 Å². The summed E-state index contributed by atoms with van der Waals surface area (Å²) < 4.78 is 1.91. The summed E-state index contributed by atoms with van der Waals surface area (Å²) in [6, 6.07) is 9.73. The van der Waals surface area contributed by atoms with Crippen LogP contribution < -0.4 is 5.73 Å². The first-order valence-electron chi connectivity index (χ1n) is 5.87. The number of benzene rings is 1. The first kappa shape index (κ1) is 11.8. The maximum Gasteiger partial charge on any atom is 0.139 e. The van der Waals surface area contributed by atoms with Gasteiger partial charge in [0.25, 0.3) is 0 Å². The number of pyridine rings is 1. The molecular formula is C14H12N4S. The number of rotatable bonds is 2. The third-order valence-corrected chi connectivity index (χ3v) is 3.26. The van der Waals surface area contributed by atoms with Crippen molar-refractivity contribution in [3.05, 3.63) is 54.1 Å². The minimum Gasteiger partial charge on any atom is -0.389 e. The highest BCUT2D eigenvalue weighted by molar-refractivity contribution is 7.80. The fourth-order valence-corrected chi connectivity index (χ4v) is 2.28. The first-order valence-corrected chi connectivity index (χ1v) is 6.27. The van der Waals surface area contributed by atoms with Crippen molar-refractivity contribution in [2.24, 2.45) is 5.73 Å². The van der Waals surface area contributed by atoms with Crippen LogP contribution in [0.25, 0.3) is 16.7 Å². The summed E-state index contributed by atoms with van der Waals surface area (Å²) in [5.74, 6) is 1.65. The predicted molar refractivity (Wildman–Crippen MR) is 79.5 cm³/mol. The van der Waals surface area contributed by atoms with E-state index in [1.807, 2.05) is 48.0 Å². The number of nitrogens with zero attached hydrogens (tertiary/aromatic N) is 3. The summed E-state index contributed by atoms with van der Waals surface area (Å²) in [6.45, 7) is 1.93. The summed E-state index contributed by atoms with van der Waals surface area (Å²) in [5, 5.41) is 0.969. The second-order valence-electron chi connectivity index (χ2n) is 4.25. The molecule has 0 bridgehead atoms. The lowest BCUT2D eigenvalue weighted by molar-refractivity contribution is 0.940. The van der Waals surface area contributed by atoms with E-state index >= 15 is 0 Å². The number of hydrogen-bond donors (Lipinski definition) is 1. The van der Waals surface area contributed by atoms with Crippen molar-refractivity contribution in [3.8, 4) is 5.82 Å². The molecule has 2 heterocycles. The van der Waals surface area contributed by atoms with Gasteiger partial charge >= 0.3 is 0 Å². The molecule has 0 aliphatic heterocycles. The summed E-state index contributed by atoms with van der Waals surface area (Å²) in [7, 11) is 0. The zero-order valence-corrected chi connectivity index (χ0v) is 11.2. The van der Waals surface area contributed by atoms with E-state index in [1.54, 1.807) is 6.20 Å². The van der Waals surface area contributed by atoms with Crippen LogP contribution in [0.2, 0.25) is 0 Å². The zero-order chi connectivity index (χ0) is 13.4. The van der Waals surface area contributed by atoms with Gasteiger partial charge in [0.1, 0.15) is 16.6 Å². The molecule has 19 heavy (non-hydrogen) atoms. The third-order valence-electron chi connectivity index (χ3n) is 3.04. The highest BCUT2D eigenvalue weighted by atomic mass is 32.1. The molecular weight excluding hydrogens is 256 g/mol. The van der Waals surface area contributed by atoms with E-state index in [2.05, 4.69) is 9.97 Å². The van der Waals surface area contributed by atoms with Crippen LogP contribution in [0.4, 0.5) is 0 Å². The monoisotopic (exact) mass is 268 g/mol. The number of fused-ring (bicyclic) bond motifs is 1. The molecule has 4 nitrogen and oxygen atoms in total. The standard InChI is InChI=1S/C14H12N4S/c1-9-16-6-7-18(9)13-8-11(14(15)19)10-4-2-3-5-12(10)17-13/h2-8H,1H3,(H2,15,19). The van der Waals surface area contributed by atoms with Crippen molar-refractivity contribution < 1.29 is 0 Å². The van der Waals surface area contributed by atoms with Gasteiger partial charge in [-0.2, -0.15) is 0 Å². The van der Waals surface area contributed by atoms with Gasteiger partial charge in [0.15, 0.2) is 0 Å². The van der Waals surface area contributed by atoms with Crippen molar-refractivity contribution in [2.45, 2.75) is 6.92 Å². The molecule has 3 rings (SSSR count). The molecule has 0 atom stereocenters. The molecule has 5 heteroatoms. The SMILES string of the molecule is Cc1nccn1-c1cc(C(N)=S)c2ccccc2n1. The highest BCUT2D eigenvalue weighted by Gasteiger charge is 2.10. The fourth-order valence-electron chi connectivity index (χ4n) is 2.11. The molecule has 0 unspecified atom stereocenters. The topological polar surface area (TPSA) is 56.7 Å². The Balaban J connectivity index is 2.34. The quantitative estimate of drug-likeness (QED) is 0.725. The second-order valence-corrected chi connectivity index (χ2v) is 4.69. The molecule has 0 fully saturated rings. The van der Waals surface area contributed by atoms with Crippen LogP contribution in [0.15, 0.2) is 42.7 Å². The molecule has 0 saturated carbocycles. The van der Waals surface area contributed by atoms with Crippen molar-refractivity contribution in [3.63, 3.8) is 0 Å². The lowest BCUT2D eigenvalue weighted by atomic mass is 10.1. The van der Waals surface area contributed by atoms with Gasteiger partial charge in [0, 0.05) is 23.3 Å². The average Bonchev–Trinajstić information content (AvgIpc) is 2.83. The largest absolute Gasteiger partial charge is 0.389 e. The molecule has 2 aromatic heterocycles. The van der Waals surface area contributed by atoms with Gasteiger partial charge < -0.3 is 5.73 Å². The van der Waals surface area contributed by atoms with Crippen molar-refractivity contribution >= 4 is 28.1 Å². The molecule has 0 radical (unpaired) electrons. The summed E-state index contributed by atoms with van der Waals surface area (Å²) >= 11 is 5.14. The van der Waals surface area contributed by atoms with E-state index in [9.17, 15) is 0 Å². The number of aromatic nitrogens is 3. The van der Waals surface area contributed by atoms with Crippen LogP contribution in [-0.2, 0) is 0 Å². The Morgan fingerprint density at radius 3 is 2.79 bits per heavy atom. The van der Waals surface area contributed by atoms with E-state index in [0.29, 0.717) is 4.99 Å². The minimum absolute atomic E-state index is 0.373. The average molecular weight is 268 g/mol. The van der Waals surface area contributed by atoms with Gasteiger partial charge in [0.2, 0.25) is 0 Å². The lowest BCUT2D eigenvalue weighted by Crippen LogP contribution is -2.12. The van der Waals surface area contributed by atoms with Crippen LogP contribution in [0.5, 0.6) is 0 Å². The number of thiocarbonyl (C=S) groups is 1. The number of hydrogen-bond acceptors (Lipinski definition) is 3. The van der Waals surface area contributed by atoms with Gasteiger partial charge in [-0.1, -0.05) is 30.4 Å². The Bertz CT molecular complexity index is 776. The molecule has 3 aromatic rings. The number of aryl methyl sites for hydroxylation is 1. The summed E-state index contributed by atoms with van der Waals surface area (Å²) in [5.41, 5.74) is 7.53. The van der Waals surface area contributed by atoms with Gasteiger partial charge in [-0.05, 0) is 19.1 Å². The molecule has 0 saturated heterocycles. The van der Waals surface area contributed by atoms with Crippen molar-refractivity contribution in [1.82, 2.24) is 14.5 Å². The third kappa shape index (κ3) is 1.98. The van der Waals surface area contributed by atoms with Crippen LogP contribution in [0.3, 0.4) is 0 Å². The first-order chi connectivity index (χ1) is 9.16. The highest BCUT2D eigenvalue weighted by Crippen LogP contribution is 2.20. The molecule has 0 amide bonds. The van der Waals surface area contributed by atoms with Gasteiger partial charge in [-0.25, -0.2) is 9.97 Å². The Labute approximate surface area is 115 Å². The predicted octanol–water partition coefficient (Wildman–Crippen LogP) is 2.36. The number of para-hydroxylation sites is 1. The van der Waals surface area contributed by atoms with Gasteiger partial charge in [-0.15, -0.1) is 0 Å². The summed E-state index contributed by atoms with van der Waals surface area (Å²) in [6.07, 6.45) is 3.61. The number of nitrogens with two attached hydrogens (primary N) is 1. The van der Waals surface area contributed by atoms with Gasteiger partial charge in [-0.3, -0.25) is 4.57 Å². The second kappa shape index (κ2) is 4.44. The van der Waals surface area contributed by atoms with Crippen LogP contribution >= 0.6 is 12.2 Å². The van der Waals surface area contributed by atoms with Crippen molar-refractivity contribution in [2.75, 3.05) is 0 Å². The maximum absolute atomic E-state index is 5.82. The van der Waals surface area contributed by atoms with Crippen LogP contribution in [0, 0.1) is 6.92 Å². The number of imidazole rings is 1. The molecule has 0 spiro atoms. The van der Waals surface area contributed by atoms with E-state index < -0.39 is 0 Å². The van der Waals surface area contributed by atoms with E-state index in [-0.39, 0.29) is 0 Å². The van der Waals surface area contributed by atoms with Crippen LogP contribution in [-0.4, -0.2) is 19.5 Å². The Morgan fingerprint density at radius 2 is 2.11 bits per heavy atom. The fraction of sp³-hybridized carbons (Fsp3) is 0.0714. The van der Waals surface area contributed by atoms with Gasteiger partial charge in [0.05, 0.1) is 5.52 Å². The molecule has 0 aliphatic carbocycles. The normalized spacial score (nSPS) is 10.8. The van der Waals surface area contributed by atoms with E-state index in [1.165, 1.54) is 0 Å².